The van der Waals surface area contributed by atoms with Crippen molar-refractivity contribution in [3.05, 3.63) is 29.3 Å². The zero-order valence-corrected chi connectivity index (χ0v) is 14.1. The number of sulfonamides is 1. The average molecular weight is 325 g/mol. The van der Waals surface area contributed by atoms with E-state index in [9.17, 15) is 13.2 Å². The molecule has 0 radical (unpaired) electrons. The molecule has 0 unspecified atom stereocenters. The highest BCUT2D eigenvalue weighted by Gasteiger charge is 2.30. The van der Waals surface area contributed by atoms with Gasteiger partial charge in [-0.15, -0.1) is 0 Å². The van der Waals surface area contributed by atoms with E-state index >= 15 is 0 Å². The number of hydrogen-bond acceptors (Lipinski definition) is 4. The number of piperazine rings is 1. The number of nitrogens with zero attached hydrogens (tertiary/aromatic N) is 2. The van der Waals surface area contributed by atoms with Crippen molar-refractivity contribution in [3.8, 4) is 0 Å². The summed E-state index contributed by atoms with van der Waals surface area (Å²) in [5.74, 6) is -0.136. The minimum atomic E-state index is -3.51. The molecule has 2 rings (SSSR count). The topological polar surface area (TPSA) is 83.7 Å². The Bertz CT molecular complexity index is 663. The fraction of sp³-hybridized carbons (Fsp3) is 0.533. The maximum Gasteiger partial charge on any atom is 0.243 e. The summed E-state index contributed by atoms with van der Waals surface area (Å²) in [6, 6.07) is 4.60. The Morgan fingerprint density at radius 1 is 1.14 bits per heavy atom. The third kappa shape index (κ3) is 3.31. The van der Waals surface area contributed by atoms with Crippen molar-refractivity contribution >= 4 is 15.9 Å². The lowest BCUT2D eigenvalue weighted by Crippen LogP contribution is -2.53. The van der Waals surface area contributed by atoms with E-state index in [-0.39, 0.29) is 5.91 Å². The van der Waals surface area contributed by atoms with Gasteiger partial charge in [-0.2, -0.15) is 4.31 Å². The van der Waals surface area contributed by atoms with Crippen LogP contribution in [0.5, 0.6) is 0 Å². The number of benzene rings is 1. The highest BCUT2D eigenvalue weighted by atomic mass is 32.2. The van der Waals surface area contributed by atoms with E-state index in [2.05, 4.69) is 0 Å². The number of carbonyl (C=O) groups excluding carboxylic acids is 1. The minimum absolute atomic E-state index is 0.136. The molecule has 0 spiro atoms. The molecule has 1 heterocycles. The largest absolute Gasteiger partial charge is 0.339 e. The molecular formula is C15H23N3O3S. The SMILES string of the molecule is Cc1ccc(S(=O)(=O)N2CCN(C(=O)[C@@H](C)N)CC2)cc1C. The molecular weight excluding hydrogens is 302 g/mol. The van der Waals surface area contributed by atoms with Gasteiger partial charge in [0.15, 0.2) is 0 Å². The van der Waals surface area contributed by atoms with Crippen LogP contribution in [-0.2, 0) is 14.8 Å². The molecule has 1 aromatic rings. The Hall–Kier alpha value is -1.44. The fourth-order valence-electron chi connectivity index (χ4n) is 2.46. The van der Waals surface area contributed by atoms with Crippen molar-refractivity contribution in [3.63, 3.8) is 0 Å². The van der Waals surface area contributed by atoms with Crippen LogP contribution in [0.4, 0.5) is 0 Å². The van der Waals surface area contributed by atoms with Gasteiger partial charge in [-0.1, -0.05) is 6.07 Å². The monoisotopic (exact) mass is 325 g/mol. The van der Waals surface area contributed by atoms with E-state index in [4.69, 9.17) is 5.73 Å². The second kappa shape index (κ2) is 6.36. The predicted octanol–water partition coefficient (Wildman–Crippen LogP) is 0.484. The van der Waals surface area contributed by atoms with E-state index in [0.717, 1.165) is 11.1 Å². The van der Waals surface area contributed by atoms with Gasteiger partial charge >= 0.3 is 0 Å². The maximum atomic E-state index is 12.7. The van der Waals surface area contributed by atoms with Gasteiger partial charge in [0.05, 0.1) is 10.9 Å². The first-order valence-corrected chi connectivity index (χ1v) is 8.79. The summed E-state index contributed by atoms with van der Waals surface area (Å²) in [4.78, 5) is 13.8. The van der Waals surface area contributed by atoms with Gasteiger partial charge in [0.25, 0.3) is 0 Å². The first-order valence-electron chi connectivity index (χ1n) is 7.35. The standard InChI is InChI=1S/C15H23N3O3S/c1-11-4-5-14(10-12(11)2)22(20,21)18-8-6-17(7-9-18)15(19)13(3)16/h4-5,10,13H,6-9,16H2,1-3H3/t13-/m1/s1. The number of nitrogens with two attached hydrogens (primary N) is 1. The average Bonchev–Trinajstić information content (AvgIpc) is 2.49. The Labute approximate surface area is 131 Å². The molecule has 22 heavy (non-hydrogen) atoms. The van der Waals surface area contributed by atoms with Crippen molar-refractivity contribution in [2.75, 3.05) is 26.2 Å². The van der Waals surface area contributed by atoms with E-state index in [1.54, 1.807) is 24.0 Å². The summed E-state index contributed by atoms with van der Waals surface area (Å²) in [7, 11) is -3.51. The zero-order valence-electron chi connectivity index (χ0n) is 13.2. The zero-order chi connectivity index (χ0) is 16.5. The van der Waals surface area contributed by atoms with Crippen LogP contribution in [0.15, 0.2) is 23.1 Å². The molecule has 0 saturated carbocycles. The van der Waals surface area contributed by atoms with Crippen molar-refractivity contribution < 1.29 is 13.2 Å². The Kier molecular flexibility index (Phi) is 4.89. The normalized spacial score (nSPS) is 18.3. The van der Waals surface area contributed by atoms with Gasteiger partial charge in [-0.3, -0.25) is 4.79 Å². The lowest BCUT2D eigenvalue weighted by Gasteiger charge is -2.34. The molecule has 0 aromatic heterocycles. The van der Waals surface area contributed by atoms with Crippen LogP contribution >= 0.6 is 0 Å². The molecule has 1 saturated heterocycles. The van der Waals surface area contributed by atoms with E-state index in [1.165, 1.54) is 4.31 Å². The molecule has 1 aromatic carbocycles. The van der Waals surface area contributed by atoms with E-state index in [0.29, 0.717) is 31.1 Å². The van der Waals surface area contributed by atoms with Crippen molar-refractivity contribution in [2.45, 2.75) is 31.7 Å². The van der Waals surface area contributed by atoms with Crippen LogP contribution in [0.2, 0.25) is 0 Å². The van der Waals surface area contributed by atoms with Gasteiger partial charge in [-0.05, 0) is 44.0 Å². The Morgan fingerprint density at radius 2 is 1.73 bits per heavy atom. The highest BCUT2D eigenvalue weighted by Crippen LogP contribution is 2.20. The Balaban J connectivity index is 2.12. The lowest BCUT2D eigenvalue weighted by atomic mass is 10.1. The third-order valence-corrected chi connectivity index (χ3v) is 5.95. The van der Waals surface area contributed by atoms with Crippen LogP contribution in [-0.4, -0.2) is 55.8 Å². The number of hydrogen-bond donors (Lipinski definition) is 1. The number of amides is 1. The van der Waals surface area contributed by atoms with Gasteiger partial charge < -0.3 is 10.6 Å². The van der Waals surface area contributed by atoms with Crippen LogP contribution in [0, 0.1) is 13.8 Å². The second-order valence-electron chi connectivity index (χ2n) is 5.76. The third-order valence-electron chi connectivity index (χ3n) is 4.06. The van der Waals surface area contributed by atoms with E-state index in [1.807, 2.05) is 19.9 Å². The number of aryl methyl sites for hydroxylation is 2. The number of carbonyl (C=O) groups is 1. The predicted molar refractivity (Wildman–Crippen MR) is 84.9 cm³/mol. The fourth-order valence-corrected chi connectivity index (χ4v) is 3.97. The summed E-state index contributed by atoms with van der Waals surface area (Å²) in [5.41, 5.74) is 7.60. The summed E-state index contributed by atoms with van der Waals surface area (Å²) < 4.78 is 26.8. The van der Waals surface area contributed by atoms with Crippen molar-refractivity contribution in [1.82, 2.24) is 9.21 Å². The van der Waals surface area contributed by atoms with Crippen molar-refractivity contribution in [2.24, 2.45) is 5.73 Å². The second-order valence-corrected chi connectivity index (χ2v) is 7.70. The van der Waals surface area contributed by atoms with Crippen LogP contribution in [0.25, 0.3) is 0 Å². The molecule has 7 heteroatoms. The van der Waals surface area contributed by atoms with E-state index < -0.39 is 16.1 Å². The van der Waals surface area contributed by atoms with Gasteiger partial charge in [-0.25, -0.2) is 8.42 Å². The lowest BCUT2D eigenvalue weighted by molar-refractivity contribution is -0.133. The molecule has 2 N–H and O–H groups in total. The highest BCUT2D eigenvalue weighted by molar-refractivity contribution is 7.89. The van der Waals surface area contributed by atoms with Crippen LogP contribution in [0.1, 0.15) is 18.1 Å². The molecule has 1 aliphatic rings. The quantitative estimate of drug-likeness (QED) is 0.876. The smallest absolute Gasteiger partial charge is 0.243 e. The van der Waals surface area contributed by atoms with Gasteiger partial charge in [0.2, 0.25) is 15.9 Å². The molecule has 1 aliphatic heterocycles. The summed E-state index contributed by atoms with van der Waals surface area (Å²) in [6.45, 7) is 6.84. The summed E-state index contributed by atoms with van der Waals surface area (Å²) in [5, 5.41) is 0. The van der Waals surface area contributed by atoms with Gasteiger partial charge in [0, 0.05) is 26.2 Å². The first kappa shape index (κ1) is 16.9. The van der Waals surface area contributed by atoms with Crippen LogP contribution in [0.3, 0.4) is 0 Å². The molecule has 1 fully saturated rings. The number of rotatable bonds is 3. The summed E-state index contributed by atoms with van der Waals surface area (Å²) in [6.07, 6.45) is 0. The Morgan fingerprint density at radius 3 is 2.23 bits per heavy atom. The summed E-state index contributed by atoms with van der Waals surface area (Å²) >= 11 is 0. The maximum absolute atomic E-state index is 12.7. The molecule has 122 valence electrons. The molecule has 1 amide bonds. The molecule has 0 bridgehead atoms. The van der Waals surface area contributed by atoms with Crippen LogP contribution < -0.4 is 5.73 Å². The molecule has 1 atom stereocenters. The van der Waals surface area contributed by atoms with Crippen molar-refractivity contribution in [1.29, 1.82) is 0 Å². The van der Waals surface area contributed by atoms with Gasteiger partial charge in [0.1, 0.15) is 0 Å². The minimum Gasteiger partial charge on any atom is -0.339 e. The molecule has 0 aliphatic carbocycles. The molecule has 6 nitrogen and oxygen atoms in total. The first-order chi connectivity index (χ1) is 10.2.